The third-order valence-electron chi connectivity index (χ3n) is 4.81. The Balaban J connectivity index is 2.23. The first-order valence-electron chi connectivity index (χ1n) is 8.15. The summed E-state index contributed by atoms with van der Waals surface area (Å²) < 4.78 is 5.50. The minimum atomic E-state index is -0.356. The van der Waals surface area contributed by atoms with Crippen molar-refractivity contribution < 1.29 is 9.53 Å². The van der Waals surface area contributed by atoms with Gasteiger partial charge >= 0.3 is 0 Å². The van der Waals surface area contributed by atoms with E-state index in [-0.39, 0.29) is 17.1 Å². The number of ketones is 1. The second-order valence-electron chi connectivity index (χ2n) is 7.28. The number of benzene rings is 1. The zero-order valence-corrected chi connectivity index (χ0v) is 14.6. The fourth-order valence-electron chi connectivity index (χ4n) is 3.80. The smallest absolute Gasteiger partial charge is 0.162 e. The van der Waals surface area contributed by atoms with Crippen molar-refractivity contribution in [2.75, 3.05) is 7.11 Å². The molecule has 2 aliphatic rings. The molecule has 0 aromatic heterocycles. The Morgan fingerprint density at radius 3 is 2.67 bits per heavy atom. The van der Waals surface area contributed by atoms with E-state index in [0.717, 1.165) is 29.0 Å². The van der Waals surface area contributed by atoms with Gasteiger partial charge in [0.15, 0.2) is 5.78 Å². The molecule has 0 spiro atoms. The molecule has 0 radical (unpaired) electrons. The summed E-state index contributed by atoms with van der Waals surface area (Å²) in [6.07, 6.45) is 1.30. The molecule has 1 aliphatic carbocycles. The molecular weight excluding hydrogens is 300 g/mol. The van der Waals surface area contributed by atoms with Crippen molar-refractivity contribution in [3.8, 4) is 11.8 Å². The van der Waals surface area contributed by atoms with Crippen LogP contribution in [0.1, 0.15) is 45.1 Å². The van der Waals surface area contributed by atoms with E-state index < -0.39 is 0 Å². The quantitative estimate of drug-likeness (QED) is 0.899. The van der Waals surface area contributed by atoms with Gasteiger partial charge in [0.1, 0.15) is 5.75 Å². The molecule has 1 aromatic carbocycles. The van der Waals surface area contributed by atoms with E-state index in [1.54, 1.807) is 7.11 Å². The number of rotatable bonds is 2. The Labute approximate surface area is 142 Å². The van der Waals surface area contributed by atoms with Crippen LogP contribution in [0, 0.1) is 16.7 Å². The number of Topliss-reactive ketones (excluding diaryl/α,β-unsaturated/α-hetero) is 1. The predicted octanol–water partition coefficient (Wildman–Crippen LogP) is 3.82. The van der Waals surface area contributed by atoms with Crippen LogP contribution in [0.2, 0.25) is 0 Å². The van der Waals surface area contributed by atoms with Gasteiger partial charge in [0.25, 0.3) is 0 Å². The van der Waals surface area contributed by atoms with Gasteiger partial charge in [0.2, 0.25) is 0 Å². The van der Waals surface area contributed by atoms with Crippen molar-refractivity contribution in [2.24, 2.45) is 5.41 Å². The summed E-state index contributed by atoms with van der Waals surface area (Å²) in [7, 11) is 1.61. The van der Waals surface area contributed by atoms with Crippen molar-refractivity contribution in [1.29, 1.82) is 5.26 Å². The lowest BCUT2D eigenvalue weighted by atomic mass is 9.68. The first-order valence-corrected chi connectivity index (χ1v) is 8.15. The number of hydrogen-bond donors (Lipinski definition) is 1. The van der Waals surface area contributed by atoms with Gasteiger partial charge in [-0.15, -0.1) is 0 Å². The van der Waals surface area contributed by atoms with E-state index in [4.69, 9.17) is 4.74 Å². The van der Waals surface area contributed by atoms with Crippen molar-refractivity contribution in [1.82, 2.24) is 5.32 Å². The molecule has 0 saturated heterocycles. The van der Waals surface area contributed by atoms with Crippen LogP contribution in [-0.2, 0) is 4.79 Å². The van der Waals surface area contributed by atoms with Crippen LogP contribution in [0.4, 0.5) is 0 Å². The Morgan fingerprint density at radius 1 is 1.29 bits per heavy atom. The van der Waals surface area contributed by atoms with Gasteiger partial charge in [-0.3, -0.25) is 4.79 Å². The lowest BCUT2D eigenvalue weighted by Crippen LogP contribution is -2.36. The monoisotopic (exact) mass is 322 g/mol. The standard InChI is InChI=1S/C20H22N2O2/c1-12-14(11-21)18(13-7-5-6-8-17(13)24-4)19-15(22-12)9-20(2,3)10-16(19)23/h5-8,18,22H,9-10H2,1-4H3/t18-/m0/s1. The highest BCUT2D eigenvalue weighted by atomic mass is 16.5. The van der Waals surface area contributed by atoms with Gasteiger partial charge in [0.05, 0.1) is 24.7 Å². The number of dihydropyridines is 1. The number of allylic oxidation sites excluding steroid dienone is 4. The molecule has 1 aliphatic heterocycles. The Hall–Kier alpha value is -2.54. The normalized spacial score (nSPS) is 22.6. The zero-order chi connectivity index (χ0) is 17.5. The van der Waals surface area contributed by atoms with Crippen LogP contribution in [0.25, 0.3) is 0 Å². The summed E-state index contributed by atoms with van der Waals surface area (Å²) in [6.45, 7) is 6.11. The molecule has 24 heavy (non-hydrogen) atoms. The molecule has 3 rings (SSSR count). The van der Waals surface area contributed by atoms with Crippen molar-refractivity contribution in [3.05, 3.63) is 52.4 Å². The van der Waals surface area contributed by atoms with Gasteiger partial charge in [-0.25, -0.2) is 0 Å². The first-order chi connectivity index (χ1) is 11.4. The summed E-state index contributed by atoms with van der Waals surface area (Å²) in [6, 6.07) is 9.93. The minimum Gasteiger partial charge on any atom is -0.496 e. The second kappa shape index (κ2) is 5.83. The molecule has 1 N–H and O–H groups in total. The molecule has 0 unspecified atom stereocenters. The van der Waals surface area contributed by atoms with Crippen molar-refractivity contribution in [2.45, 2.75) is 39.5 Å². The third-order valence-corrected chi connectivity index (χ3v) is 4.81. The average Bonchev–Trinajstić information content (AvgIpc) is 2.52. The summed E-state index contributed by atoms with van der Waals surface area (Å²) in [5, 5.41) is 13.0. The maximum atomic E-state index is 12.9. The maximum Gasteiger partial charge on any atom is 0.162 e. The highest BCUT2D eigenvalue weighted by Gasteiger charge is 2.41. The number of methoxy groups -OCH3 is 1. The van der Waals surface area contributed by atoms with E-state index in [9.17, 15) is 10.1 Å². The number of para-hydroxylation sites is 1. The van der Waals surface area contributed by atoms with Crippen LogP contribution >= 0.6 is 0 Å². The summed E-state index contributed by atoms with van der Waals surface area (Å²) >= 11 is 0. The molecule has 0 fully saturated rings. The van der Waals surface area contributed by atoms with Gasteiger partial charge in [-0.2, -0.15) is 5.26 Å². The molecule has 0 amide bonds. The maximum absolute atomic E-state index is 12.9. The van der Waals surface area contributed by atoms with Crippen LogP contribution < -0.4 is 10.1 Å². The predicted molar refractivity (Wildman–Crippen MR) is 92.2 cm³/mol. The SMILES string of the molecule is COc1ccccc1[C@H]1C(C#N)=C(C)NC2=C1C(=O)CC(C)(C)C2. The highest BCUT2D eigenvalue weighted by Crippen LogP contribution is 2.47. The number of nitrogens with zero attached hydrogens (tertiary/aromatic N) is 1. The number of carbonyl (C=O) groups is 1. The molecule has 0 bridgehead atoms. The number of ether oxygens (including phenoxy) is 1. The number of hydrogen-bond acceptors (Lipinski definition) is 4. The molecule has 4 heteroatoms. The zero-order valence-electron chi connectivity index (χ0n) is 14.6. The molecule has 4 nitrogen and oxygen atoms in total. The van der Waals surface area contributed by atoms with Crippen molar-refractivity contribution >= 4 is 5.78 Å². The number of nitrogens with one attached hydrogen (secondary N) is 1. The second-order valence-corrected chi connectivity index (χ2v) is 7.28. The number of nitriles is 1. The van der Waals surface area contributed by atoms with Crippen LogP contribution in [0.3, 0.4) is 0 Å². The highest BCUT2D eigenvalue weighted by molar-refractivity contribution is 6.00. The van der Waals surface area contributed by atoms with Crippen molar-refractivity contribution in [3.63, 3.8) is 0 Å². The van der Waals surface area contributed by atoms with E-state index in [1.807, 2.05) is 31.2 Å². The topological polar surface area (TPSA) is 62.1 Å². The van der Waals surface area contributed by atoms with E-state index in [2.05, 4.69) is 25.2 Å². The summed E-state index contributed by atoms with van der Waals surface area (Å²) in [5.41, 5.74) is 3.88. The van der Waals surface area contributed by atoms with E-state index in [1.165, 1.54) is 0 Å². The molecule has 0 saturated carbocycles. The molecule has 1 atom stereocenters. The minimum absolute atomic E-state index is 0.0708. The summed E-state index contributed by atoms with van der Waals surface area (Å²) in [4.78, 5) is 12.9. The molecule has 124 valence electrons. The lowest BCUT2D eigenvalue weighted by Gasteiger charge is -2.38. The largest absolute Gasteiger partial charge is 0.496 e. The Kier molecular flexibility index (Phi) is 3.96. The molecule has 1 aromatic rings. The first kappa shape index (κ1) is 16.3. The molecular formula is C20H22N2O2. The molecule has 1 heterocycles. The fraction of sp³-hybridized carbons (Fsp3) is 0.400. The van der Waals surface area contributed by atoms with Gasteiger partial charge < -0.3 is 10.1 Å². The summed E-state index contributed by atoms with van der Waals surface area (Å²) in [5.74, 6) is 0.463. The fourth-order valence-corrected chi connectivity index (χ4v) is 3.80. The van der Waals surface area contributed by atoms with Gasteiger partial charge in [-0.1, -0.05) is 32.0 Å². The average molecular weight is 322 g/mol. The van der Waals surface area contributed by atoms with Gasteiger partial charge in [0, 0.05) is 29.0 Å². The third kappa shape index (κ3) is 2.60. The van der Waals surface area contributed by atoms with Crippen LogP contribution in [0.15, 0.2) is 46.8 Å². The number of carbonyl (C=O) groups excluding carboxylic acids is 1. The lowest BCUT2D eigenvalue weighted by molar-refractivity contribution is -0.118. The van der Waals surface area contributed by atoms with Gasteiger partial charge in [-0.05, 0) is 24.8 Å². The van der Waals surface area contributed by atoms with E-state index >= 15 is 0 Å². The Bertz CT molecular complexity index is 809. The van der Waals surface area contributed by atoms with E-state index in [0.29, 0.717) is 17.7 Å². The van der Waals surface area contributed by atoms with Crippen LogP contribution in [-0.4, -0.2) is 12.9 Å². The van der Waals surface area contributed by atoms with Crippen LogP contribution in [0.5, 0.6) is 5.75 Å². The Morgan fingerprint density at radius 2 is 2.00 bits per heavy atom.